The molecule has 1 saturated carbocycles. The second kappa shape index (κ2) is 5.25. The fraction of sp³-hybridized carbons (Fsp3) is 0.909. The third kappa shape index (κ3) is 3.87. The van der Waals surface area contributed by atoms with Crippen molar-refractivity contribution in [2.45, 2.75) is 50.7 Å². The first-order valence-corrected chi connectivity index (χ1v) is 5.89. The molecule has 1 rings (SSSR count). The summed E-state index contributed by atoms with van der Waals surface area (Å²) in [6.07, 6.45) is -3.15. The molecule has 0 heterocycles. The van der Waals surface area contributed by atoms with Crippen LogP contribution in [-0.2, 0) is 4.79 Å². The Bertz CT molecular complexity index is 270. The number of primary amides is 1. The van der Waals surface area contributed by atoms with Crippen molar-refractivity contribution in [3.8, 4) is 0 Å². The van der Waals surface area contributed by atoms with Gasteiger partial charge in [-0.25, -0.2) is 0 Å². The number of hydrogen-bond acceptors (Lipinski definition) is 2. The molecule has 0 radical (unpaired) electrons. The maximum Gasteiger partial charge on any atom is 0.391 e. The minimum absolute atomic E-state index is 0.0732. The first-order chi connectivity index (χ1) is 7.79. The van der Waals surface area contributed by atoms with Crippen molar-refractivity contribution in [2.75, 3.05) is 6.54 Å². The Kier molecular flexibility index (Phi) is 4.41. The summed E-state index contributed by atoms with van der Waals surface area (Å²) < 4.78 is 37.6. The van der Waals surface area contributed by atoms with Crippen molar-refractivity contribution in [3.05, 3.63) is 0 Å². The number of hydrogen-bond donors (Lipinski definition) is 2. The molecule has 3 nitrogen and oxygen atoms in total. The van der Waals surface area contributed by atoms with E-state index in [-0.39, 0.29) is 19.3 Å². The number of alkyl halides is 3. The topological polar surface area (TPSA) is 55.1 Å². The molecule has 0 aliphatic heterocycles. The van der Waals surface area contributed by atoms with Crippen LogP contribution in [0.1, 0.15) is 39.0 Å². The molecular formula is C11H19F3N2O. The van der Waals surface area contributed by atoms with Gasteiger partial charge in [0.15, 0.2) is 0 Å². The lowest BCUT2D eigenvalue weighted by Crippen LogP contribution is -2.51. The van der Waals surface area contributed by atoms with Crippen LogP contribution in [0, 0.1) is 5.92 Å². The molecule has 3 N–H and O–H groups in total. The summed E-state index contributed by atoms with van der Waals surface area (Å²) in [5, 5.41) is 3.13. The molecule has 0 saturated heterocycles. The van der Waals surface area contributed by atoms with Crippen molar-refractivity contribution in [2.24, 2.45) is 11.7 Å². The molecule has 1 fully saturated rings. The Balaban J connectivity index is 2.64. The minimum Gasteiger partial charge on any atom is -0.370 e. The van der Waals surface area contributed by atoms with E-state index in [0.717, 1.165) is 0 Å². The number of halogens is 3. The minimum atomic E-state index is -4.12. The standard InChI is InChI=1S/C11H19F3N2O/c1-2-16-10(7-9(15)17)5-3-8(4-6-10)11(12,13)14/h8,16H,2-7H2,1H3,(H2,15,17). The lowest BCUT2D eigenvalue weighted by molar-refractivity contribution is -0.185. The SMILES string of the molecule is CCNC1(CC(N)=O)CCC(C(F)(F)F)CC1. The second-order valence-electron chi connectivity index (χ2n) is 4.77. The zero-order chi connectivity index (χ0) is 13.1. The third-order valence-electron chi connectivity index (χ3n) is 3.47. The smallest absolute Gasteiger partial charge is 0.370 e. The van der Waals surface area contributed by atoms with Gasteiger partial charge < -0.3 is 11.1 Å². The van der Waals surface area contributed by atoms with Crippen LogP contribution in [0.4, 0.5) is 13.2 Å². The van der Waals surface area contributed by atoms with Crippen LogP contribution < -0.4 is 11.1 Å². The summed E-state index contributed by atoms with van der Waals surface area (Å²) >= 11 is 0. The summed E-state index contributed by atoms with van der Waals surface area (Å²) in [6.45, 7) is 2.50. The molecule has 1 aliphatic rings. The van der Waals surface area contributed by atoms with Gasteiger partial charge in [0.1, 0.15) is 0 Å². The van der Waals surface area contributed by atoms with Crippen LogP contribution in [0.2, 0.25) is 0 Å². The average molecular weight is 252 g/mol. The number of rotatable bonds is 4. The van der Waals surface area contributed by atoms with Crippen LogP contribution in [0.25, 0.3) is 0 Å². The van der Waals surface area contributed by atoms with Crippen LogP contribution >= 0.6 is 0 Å². The fourth-order valence-corrected chi connectivity index (χ4v) is 2.62. The van der Waals surface area contributed by atoms with Gasteiger partial charge in [0.25, 0.3) is 0 Å². The van der Waals surface area contributed by atoms with Crippen molar-refractivity contribution in [1.82, 2.24) is 5.32 Å². The molecule has 0 spiro atoms. The number of nitrogens with two attached hydrogens (primary N) is 1. The van der Waals surface area contributed by atoms with E-state index in [1.54, 1.807) is 0 Å². The summed E-state index contributed by atoms with van der Waals surface area (Å²) in [7, 11) is 0. The molecule has 0 aromatic rings. The Hall–Kier alpha value is -0.780. The maximum atomic E-state index is 12.5. The van der Waals surface area contributed by atoms with E-state index < -0.39 is 23.5 Å². The number of nitrogens with one attached hydrogen (secondary N) is 1. The largest absolute Gasteiger partial charge is 0.391 e. The molecule has 0 atom stereocenters. The van der Waals surface area contributed by atoms with Gasteiger partial charge in [-0.1, -0.05) is 6.92 Å². The Morgan fingerprint density at radius 2 is 1.94 bits per heavy atom. The molecule has 17 heavy (non-hydrogen) atoms. The van der Waals surface area contributed by atoms with E-state index in [1.165, 1.54) is 0 Å². The highest BCUT2D eigenvalue weighted by atomic mass is 19.4. The third-order valence-corrected chi connectivity index (χ3v) is 3.47. The summed E-state index contributed by atoms with van der Waals surface area (Å²) in [4.78, 5) is 11.0. The van der Waals surface area contributed by atoms with Crippen molar-refractivity contribution in [3.63, 3.8) is 0 Å². The van der Waals surface area contributed by atoms with Crippen molar-refractivity contribution >= 4 is 5.91 Å². The lowest BCUT2D eigenvalue weighted by atomic mass is 9.74. The Labute approximate surface area is 98.9 Å². The highest BCUT2D eigenvalue weighted by molar-refractivity contribution is 5.75. The maximum absolute atomic E-state index is 12.5. The summed E-state index contributed by atoms with van der Waals surface area (Å²) in [5.41, 5.74) is 4.63. The summed E-state index contributed by atoms with van der Waals surface area (Å²) in [6, 6.07) is 0. The lowest BCUT2D eigenvalue weighted by Gasteiger charge is -2.40. The highest BCUT2D eigenvalue weighted by Crippen LogP contribution is 2.42. The molecule has 0 aromatic heterocycles. The molecule has 100 valence electrons. The van der Waals surface area contributed by atoms with E-state index in [4.69, 9.17) is 5.73 Å². The quantitative estimate of drug-likeness (QED) is 0.803. The predicted molar refractivity (Wildman–Crippen MR) is 58.2 cm³/mol. The molecule has 1 aliphatic carbocycles. The summed E-state index contributed by atoms with van der Waals surface area (Å²) in [5.74, 6) is -1.70. The normalized spacial score (nSPS) is 30.2. The molecule has 0 unspecified atom stereocenters. The molecular weight excluding hydrogens is 233 g/mol. The number of carbonyl (C=O) groups is 1. The zero-order valence-electron chi connectivity index (χ0n) is 9.94. The predicted octanol–water partition coefficient (Wildman–Crippen LogP) is 1.96. The zero-order valence-corrected chi connectivity index (χ0v) is 9.94. The van der Waals surface area contributed by atoms with E-state index in [9.17, 15) is 18.0 Å². The average Bonchev–Trinajstić information content (AvgIpc) is 2.15. The molecule has 0 bridgehead atoms. The van der Waals surface area contributed by atoms with E-state index in [0.29, 0.717) is 19.4 Å². The van der Waals surface area contributed by atoms with Crippen LogP contribution in [0.5, 0.6) is 0 Å². The first-order valence-electron chi connectivity index (χ1n) is 5.89. The van der Waals surface area contributed by atoms with Gasteiger partial charge in [0.05, 0.1) is 5.92 Å². The molecule has 6 heteroatoms. The fourth-order valence-electron chi connectivity index (χ4n) is 2.62. The van der Waals surface area contributed by atoms with Crippen molar-refractivity contribution in [1.29, 1.82) is 0 Å². The van der Waals surface area contributed by atoms with E-state index in [2.05, 4.69) is 5.32 Å². The van der Waals surface area contributed by atoms with Crippen LogP contribution in [0.3, 0.4) is 0 Å². The molecule has 0 aromatic carbocycles. The Morgan fingerprint density at radius 3 is 2.29 bits per heavy atom. The van der Waals surface area contributed by atoms with Gasteiger partial charge in [-0.3, -0.25) is 4.79 Å². The van der Waals surface area contributed by atoms with Gasteiger partial charge in [0, 0.05) is 12.0 Å². The van der Waals surface area contributed by atoms with Gasteiger partial charge in [0.2, 0.25) is 5.91 Å². The number of amides is 1. The first kappa shape index (κ1) is 14.3. The van der Waals surface area contributed by atoms with E-state index >= 15 is 0 Å². The highest BCUT2D eigenvalue weighted by Gasteiger charge is 2.45. The second-order valence-corrected chi connectivity index (χ2v) is 4.77. The van der Waals surface area contributed by atoms with Gasteiger partial charge >= 0.3 is 6.18 Å². The van der Waals surface area contributed by atoms with Gasteiger partial charge in [-0.05, 0) is 32.2 Å². The van der Waals surface area contributed by atoms with Crippen molar-refractivity contribution < 1.29 is 18.0 Å². The Morgan fingerprint density at radius 1 is 1.41 bits per heavy atom. The number of carbonyl (C=O) groups excluding carboxylic acids is 1. The van der Waals surface area contributed by atoms with Crippen LogP contribution in [0.15, 0.2) is 0 Å². The molecule has 1 amide bonds. The van der Waals surface area contributed by atoms with E-state index in [1.807, 2.05) is 6.92 Å². The van der Waals surface area contributed by atoms with Crippen LogP contribution in [-0.4, -0.2) is 24.2 Å². The monoisotopic (exact) mass is 252 g/mol. The van der Waals surface area contributed by atoms with Gasteiger partial charge in [-0.2, -0.15) is 13.2 Å². The van der Waals surface area contributed by atoms with Gasteiger partial charge in [-0.15, -0.1) is 0 Å².